The molecule has 0 bridgehead atoms. The van der Waals surface area contributed by atoms with Gasteiger partial charge in [0.2, 0.25) is 0 Å². The van der Waals surface area contributed by atoms with Gasteiger partial charge in [-0.1, -0.05) is 61.7 Å². The maximum Gasteiger partial charge on any atom is 0.0314 e. The lowest BCUT2D eigenvalue weighted by molar-refractivity contribution is 0.346. The minimum atomic E-state index is 0.202. The first-order valence-electron chi connectivity index (χ1n) is 7.23. The number of hydrogen-bond donors (Lipinski definition) is 1. The molecule has 0 spiro atoms. The van der Waals surface area contributed by atoms with Crippen molar-refractivity contribution in [3.8, 4) is 0 Å². The summed E-state index contributed by atoms with van der Waals surface area (Å²) in [5.41, 5.74) is 9.77. The van der Waals surface area contributed by atoms with Crippen molar-refractivity contribution in [3.05, 3.63) is 65.7 Å². The van der Waals surface area contributed by atoms with Crippen molar-refractivity contribution in [2.75, 3.05) is 5.73 Å². The fourth-order valence-corrected chi connectivity index (χ4v) is 3.46. The molecule has 2 aromatic rings. The highest BCUT2D eigenvalue weighted by Crippen LogP contribution is 2.44. The van der Waals surface area contributed by atoms with Gasteiger partial charge in [-0.2, -0.15) is 0 Å². The third kappa shape index (κ3) is 2.25. The summed E-state index contributed by atoms with van der Waals surface area (Å²) in [6.45, 7) is 0. The highest BCUT2D eigenvalue weighted by molar-refractivity contribution is 5.46. The second kappa shape index (κ2) is 5.08. The highest BCUT2D eigenvalue weighted by Gasteiger charge is 2.35. The first-order chi connectivity index (χ1) is 9.31. The summed E-state index contributed by atoms with van der Waals surface area (Å²) in [6, 6.07) is 19.5. The normalized spacial score (nSPS) is 18.1. The summed E-state index contributed by atoms with van der Waals surface area (Å²) in [4.78, 5) is 0. The zero-order valence-electron chi connectivity index (χ0n) is 11.3. The number of nitrogen functional groups attached to an aromatic ring is 1. The lowest BCUT2D eigenvalue weighted by Crippen LogP contribution is -2.30. The molecule has 0 atom stereocenters. The smallest absolute Gasteiger partial charge is 0.0314 e. The van der Waals surface area contributed by atoms with E-state index in [9.17, 15) is 0 Å². The van der Waals surface area contributed by atoms with E-state index in [4.69, 9.17) is 5.73 Å². The molecule has 1 saturated carbocycles. The van der Waals surface area contributed by atoms with Gasteiger partial charge in [0, 0.05) is 11.1 Å². The molecule has 2 N–H and O–H groups in total. The lowest BCUT2D eigenvalue weighted by Gasteiger charge is -2.38. The molecule has 0 unspecified atom stereocenters. The second-order valence-electron chi connectivity index (χ2n) is 5.63. The lowest BCUT2D eigenvalue weighted by atomic mass is 9.65. The topological polar surface area (TPSA) is 26.0 Å². The van der Waals surface area contributed by atoms with Crippen LogP contribution < -0.4 is 5.73 Å². The van der Waals surface area contributed by atoms with Crippen LogP contribution in [-0.4, -0.2) is 0 Å². The van der Waals surface area contributed by atoms with Gasteiger partial charge in [0.15, 0.2) is 0 Å². The Labute approximate surface area is 115 Å². The molecule has 0 radical (unpaired) electrons. The molecule has 1 fully saturated rings. The maximum absolute atomic E-state index is 5.84. The molecular formula is C18H21N. The van der Waals surface area contributed by atoms with E-state index in [1.165, 1.54) is 43.2 Å². The van der Waals surface area contributed by atoms with Crippen molar-refractivity contribution < 1.29 is 0 Å². The molecule has 1 nitrogen and oxygen atoms in total. The van der Waals surface area contributed by atoms with E-state index in [0.29, 0.717) is 0 Å². The minimum absolute atomic E-state index is 0.202. The van der Waals surface area contributed by atoms with E-state index in [1.54, 1.807) is 0 Å². The summed E-state index contributed by atoms with van der Waals surface area (Å²) in [5, 5.41) is 0. The summed E-state index contributed by atoms with van der Waals surface area (Å²) < 4.78 is 0. The van der Waals surface area contributed by atoms with Crippen LogP contribution >= 0.6 is 0 Å². The number of anilines is 1. The van der Waals surface area contributed by atoms with Crippen molar-refractivity contribution >= 4 is 5.69 Å². The van der Waals surface area contributed by atoms with Gasteiger partial charge in [-0.15, -0.1) is 0 Å². The van der Waals surface area contributed by atoms with E-state index in [1.807, 2.05) is 12.1 Å². The first-order valence-corrected chi connectivity index (χ1v) is 7.23. The Bertz CT molecular complexity index is 521. The Morgan fingerprint density at radius 2 is 1.26 bits per heavy atom. The van der Waals surface area contributed by atoms with E-state index >= 15 is 0 Å². The van der Waals surface area contributed by atoms with Crippen molar-refractivity contribution in [2.24, 2.45) is 0 Å². The fraction of sp³-hybridized carbons (Fsp3) is 0.333. The molecule has 0 aromatic heterocycles. The summed E-state index contributed by atoms with van der Waals surface area (Å²) in [7, 11) is 0. The molecule has 0 saturated heterocycles. The number of rotatable bonds is 2. The van der Waals surface area contributed by atoms with Crippen LogP contribution in [0.1, 0.15) is 43.2 Å². The van der Waals surface area contributed by atoms with Crippen molar-refractivity contribution in [1.29, 1.82) is 0 Å². The van der Waals surface area contributed by atoms with Crippen LogP contribution in [-0.2, 0) is 5.41 Å². The van der Waals surface area contributed by atoms with Crippen LogP contribution in [0.4, 0.5) is 5.69 Å². The molecule has 0 heterocycles. The van der Waals surface area contributed by atoms with E-state index in [0.717, 1.165) is 5.69 Å². The van der Waals surface area contributed by atoms with Gasteiger partial charge in [0.25, 0.3) is 0 Å². The third-order valence-corrected chi connectivity index (χ3v) is 4.50. The summed E-state index contributed by atoms with van der Waals surface area (Å²) in [6.07, 6.45) is 6.50. The van der Waals surface area contributed by atoms with Gasteiger partial charge in [0.05, 0.1) is 0 Å². The molecule has 2 aromatic carbocycles. The Morgan fingerprint density at radius 3 is 1.89 bits per heavy atom. The summed E-state index contributed by atoms with van der Waals surface area (Å²) in [5.74, 6) is 0. The number of benzene rings is 2. The quantitative estimate of drug-likeness (QED) is 0.780. The van der Waals surface area contributed by atoms with Crippen LogP contribution in [0.5, 0.6) is 0 Å². The van der Waals surface area contributed by atoms with E-state index in [-0.39, 0.29) is 5.41 Å². The van der Waals surface area contributed by atoms with Crippen LogP contribution in [0.15, 0.2) is 54.6 Å². The zero-order valence-corrected chi connectivity index (χ0v) is 11.3. The SMILES string of the molecule is Nc1ccc(C2(c3ccccc3)CCCCC2)cc1. The van der Waals surface area contributed by atoms with Crippen molar-refractivity contribution in [2.45, 2.75) is 37.5 Å². The van der Waals surface area contributed by atoms with Gasteiger partial charge < -0.3 is 5.73 Å². The molecule has 1 heteroatoms. The van der Waals surface area contributed by atoms with Crippen LogP contribution in [0.2, 0.25) is 0 Å². The fourth-order valence-electron chi connectivity index (χ4n) is 3.46. The average Bonchev–Trinajstić information content (AvgIpc) is 2.49. The Kier molecular flexibility index (Phi) is 3.29. The zero-order chi connectivity index (χ0) is 13.1. The number of nitrogens with two attached hydrogens (primary N) is 1. The maximum atomic E-state index is 5.84. The second-order valence-corrected chi connectivity index (χ2v) is 5.63. The molecule has 0 amide bonds. The van der Waals surface area contributed by atoms with Gasteiger partial charge >= 0.3 is 0 Å². The van der Waals surface area contributed by atoms with Crippen LogP contribution in [0, 0.1) is 0 Å². The Morgan fingerprint density at radius 1 is 0.684 bits per heavy atom. The van der Waals surface area contributed by atoms with Crippen LogP contribution in [0.3, 0.4) is 0 Å². The molecule has 98 valence electrons. The molecule has 19 heavy (non-hydrogen) atoms. The van der Waals surface area contributed by atoms with Gasteiger partial charge in [-0.05, 0) is 36.1 Å². The van der Waals surface area contributed by atoms with Crippen LogP contribution in [0.25, 0.3) is 0 Å². The monoisotopic (exact) mass is 251 g/mol. The van der Waals surface area contributed by atoms with Gasteiger partial charge in [-0.3, -0.25) is 0 Å². The third-order valence-electron chi connectivity index (χ3n) is 4.50. The standard InChI is InChI=1S/C18H21N/c19-17-11-9-16(10-12-17)18(13-5-2-6-14-18)15-7-3-1-4-8-15/h1,3-4,7-12H,2,5-6,13-14,19H2. The molecular weight excluding hydrogens is 230 g/mol. The first kappa shape index (κ1) is 12.3. The predicted molar refractivity (Wildman–Crippen MR) is 81.2 cm³/mol. The largest absolute Gasteiger partial charge is 0.399 e. The van der Waals surface area contributed by atoms with Gasteiger partial charge in [0.1, 0.15) is 0 Å². The van der Waals surface area contributed by atoms with Crippen molar-refractivity contribution in [3.63, 3.8) is 0 Å². The van der Waals surface area contributed by atoms with Crippen molar-refractivity contribution in [1.82, 2.24) is 0 Å². The van der Waals surface area contributed by atoms with Gasteiger partial charge in [-0.25, -0.2) is 0 Å². The molecule has 1 aliphatic carbocycles. The van der Waals surface area contributed by atoms with E-state index < -0.39 is 0 Å². The highest BCUT2D eigenvalue weighted by atomic mass is 14.5. The summed E-state index contributed by atoms with van der Waals surface area (Å²) >= 11 is 0. The average molecular weight is 251 g/mol. The van der Waals surface area contributed by atoms with E-state index in [2.05, 4.69) is 42.5 Å². The molecule has 3 rings (SSSR count). The number of hydrogen-bond acceptors (Lipinski definition) is 1. The molecule has 0 aliphatic heterocycles. The predicted octanol–water partition coefficient (Wildman–Crippen LogP) is 4.52. The Balaban J connectivity index is 2.09. The molecule has 1 aliphatic rings. The minimum Gasteiger partial charge on any atom is -0.399 e. The Hall–Kier alpha value is -1.76.